The summed E-state index contributed by atoms with van der Waals surface area (Å²) in [5.41, 5.74) is 6.30. The Hall–Kier alpha value is -1.87. The van der Waals surface area contributed by atoms with Crippen LogP contribution in [0.5, 0.6) is 0 Å². The average molecular weight is 215 g/mol. The molecule has 0 aliphatic carbocycles. The zero-order valence-electron chi connectivity index (χ0n) is 8.76. The summed E-state index contributed by atoms with van der Waals surface area (Å²) in [6.07, 6.45) is 0. The van der Waals surface area contributed by atoms with Crippen molar-refractivity contribution in [2.45, 2.75) is 5.92 Å². The third kappa shape index (κ3) is 1.77. The molecule has 0 spiro atoms. The molecule has 0 radical (unpaired) electrons. The molecule has 16 heavy (non-hydrogen) atoms. The first-order chi connectivity index (χ1) is 7.74. The van der Waals surface area contributed by atoms with Gasteiger partial charge < -0.3 is 10.8 Å². The lowest BCUT2D eigenvalue weighted by molar-refractivity contribution is -0.138. The lowest BCUT2D eigenvalue weighted by Gasteiger charge is -2.12. The van der Waals surface area contributed by atoms with Gasteiger partial charge in [0.15, 0.2) is 0 Å². The number of rotatable bonds is 3. The van der Waals surface area contributed by atoms with Gasteiger partial charge in [-0.2, -0.15) is 0 Å². The van der Waals surface area contributed by atoms with Gasteiger partial charge in [0.1, 0.15) is 0 Å². The molecule has 3 nitrogen and oxygen atoms in total. The summed E-state index contributed by atoms with van der Waals surface area (Å²) in [7, 11) is 0. The topological polar surface area (TPSA) is 63.3 Å². The van der Waals surface area contributed by atoms with Crippen molar-refractivity contribution in [3.05, 3.63) is 48.0 Å². The van der Waals surface area contributed by atoms with Gasteiger partial charge in [0.2, 0.25) is 0 Å². The van der Waals surface area contributed by atoms with Crippen molar-refractivity contribution in [1.29, 1.82) is 0 Å². The summed E-state index contributed by atoms with van der Waals surface area (Å²) >= 11 is 0. The third-order valence-electron chi connectivity index (χ3n) is 2.73. The van der Waals surface area contributed by atoms with Crippen LogP contribution in [-0.4, -0.2) is 17.6 Å². The molecule has 2 rings (SSSR count). The van der Waals surface area contributed by atoms with E-state index >= 15 is 0 Å². The lowest BCUT2D eigenvalue weighted by atomic mass is 9.93. The Bertz CT molecular complexity index is 517. The van der Waals surface area contributed by atoms with Crippen LogP contribution in [0.25, 0.3) is 10.8 Å². The average Bonchev–Trinajstić information content (AvgIpc) is 2.30. The number of carboxylic acid groups (broad SMARTS) is 1. The number of aliphatic carboxylic acids is 1. The molecular formula is C13H13NO2. The monoisotopic (exact) mass is 215 g/mol. The van der Waals surface area contributed by atoms with E-state index in [1.807, 2.05) is 42.5 Å². The molecule has 0 amide bonds. The lowest BCUT2D eigenvalue weighted by Crippen LogP contribution is -2.21. The van der Waals surface area contributed by atoms with Gasteiger partial charge in [-0.1, -0.05) is 42.5 Å². The SMILES string of the molecule is NCC(C(=O)O)c1cccc2ccccc12. The Morgan fingerprint density at radius 1 is 1.19 bits per heavy atom. The molecule has 0 saturated heterocycles. The summed E-state index contributed by atoms with van der Waals surface area (Å²) in [5, 5.41) is 11.1. The maximum atomic E-state index is 11.1. The first-order valence-corrected chi connectivity index (χ1v) is 5.14. The predicted octanol–water partition coefficient (Wildman–Crippen LogP) is 1.97. The summed E-state index contributed by atoms with van der Waals surface area (Å²) in [6.45, 7) is 0.114. The number of benzene rings is 2. The predicted molar refractivity (Wildman–Crippen MR) is 63.4 cm³/mol. The van der Waals surface area contributed by atoms with Crippen LogP contribution >= 0.6 is 0 Å². The number of hydrogen-bond acceptors (Lipinski definition) is 2. The second kappa shape index (κ2) is 4.33. The molecule has 0 saturated carbocycles. The highest BCUT2D eigenvalue weighted by Crippen LogP contribution is 2.25. The van der Waals surface area contributed by atoms with Gasteiger partial charge in [-0.3, -0.25) is 4.79 Å². The quantitative estimate of drug-likeness (QED) is 0.822. The Labute approximate surface area is 93.5 Å². The van der Waals surface area contributed by atoms with E-state index in [9.17, 15) is 4.79 Å². The van der Waals surface area contributed by atoms with E-state index in [0.717, 1.165) is 16.3 Å². The van der Waals surface area contributed by atoms with Gasteiger partial charge >= 0.3 is 5.97 Å². The number of nitrogens with two attached hydrogens (primary N) is 1. The second-order valence-corrected chi connectivity index (χ2v) is 3.69. The fraction of sp³-hybridized carbons (Fsp3) is 0.154. The summed E-state index contributed by atoms with van der Waals surface area (Å²) in [6, 6.07) is 13.4. The van der Waals surface area contributed by atoms with Crippen molar-refractivity contribution in [1.82, 2.24) is 0 Å². The van der Waals surface area contributed by atoms with Gasteiger partial charge in [0, 0.05) is 6.54 Å². The molecule has 0 aliphatic rings. The standard InChI is InChI=1S/C13H13NO2/c14-8-12(13(15)16)11-7-3-5-9-4-1-2-6-10(9)11/h1-7,12H,8,14H2,(H,15,16). The molecule has 0 heterocycles. The molecule has 0 bridgehead atoms. The molecule has 2 aromatic carbocycles. The van der Waals surface area contributed by atoms with Gasteiger partial charge in [-0.05, 0) is 16.3 Å². The Morgan fingerprint density at radius 2 is 1.88 bits per heavy atom. The molecular weight excluding hydrogens is 202 g/mol. The first-order valence-electron chi connectivity index (χ1n) is 5.14. The molecule has 1 atom stereocenters. The van der Waals surface area contributed by atoms with Crippen molar-refractivity contribution in [2.75, 3.05) is 6.54 Å². The fourth-order valence-electron chi connectivity index (χ4n) is 1.92. The van der Waals surface area contributed by atoms with E-state index in [2.05, 4.69) is 0 Å². The first kappa shape index (κ1) is 10.6. The van der Waals surface area contributed by atoms with Gasteiger partial charge in [-0.25, -0.2) is 0 Å². The Balaban J connectivity index is 2.63. The molecule has 0 aromatic heterocycles. The van der Waals surface area contributed by atoms with Gasteiger partial charge in [0.25, 0.3) is 0 Å². The normalized spacial score (nSPS) is 12.6. The van der Waals surface area contributed by atoms with E-state index in [1.54, 1.807) is 0 Å². The van der Waals surface area contributed by atoms with Crippen molar-refractivity contribution in [3.8, 4) is 0 Å². The molecule has 0 fully saturated rings. The highest BCUT2D eigenvalue weighted by atomic mass is 16.4. The van der Waals surface area contributed by atoms with Crippen molar-refractivity contribution >= 4 is 16.7 Å². The third-order valence-corrected chi connectivity index (χ3v) is 2.73. The van der Waals surface area contributed by atoms with E-state index in [0.29, 0.717) is 0 Å². The molecule has 1 unspecified atom stereocenters. The number of fused-ring (bicyclic) bond motifs is 1. The van der Waals surface area contributed by atoms with E-state index in [1.165, 1.54) is 0 Å². The maximum Gasteiger partial charge on any atom is 0.312 e. The molecule has 0 aliphatic heterocycles. The van der Waals surface area contributed by atoms with Gasteiger partial charge in [-0.15, -0.1) is 0 Å². The van der Waals surface area contributed by atoms with Crippen LogP contribution < -0.4 is 5.73 Å². The zero-order chi connectivity index (χ0) is 11.5. The van der Waals surface area contributed by atoms with Crippen LogP contribution in [0.1, 0.15) is 11.5 Å². The van der Waals surface area contributed by atoms with Crippen LogP contribution in [0, 0.1) is 0 Å². The minimum Gasteiger partial charge on any atom is -0.481 e. The maximum absolute atomic E-state index is 11.1. The highest BCUT2D eigenvalue weighted by molar-refractivity contribution is 5.90. The van der Waals surface area contributed by atoms with Crippen LogP contribution in [0.15, 0.2) is 42.5 Å². The Kier molecular flexibility index (Phi) is 2.88. The number of carbonyl (C=O) groups is 1. The molecule has 2 aromatic rings. The summed E-state index contributed by atoms with van der Waals surface area (Å²) < 4.78 is 0. The minimum absolute atomic E-state index is 0.114. The smallest absolute Gasteiger partial charge is 0.312 e. The Morgan fingerprint density at radius 3 is 2.56 bits per heavy atom. The zero-order valence-corrected chi connectivity index (χ0v) is 8.76. The minimum atomic E-state index is -0.876. The second-order valence-electron chi connectivity index (χ2n) is 3.69. The van der Waals surface area contributed by atoms with E-state index in [-0.39, 0.29) is 6.54 Å². The van der Waals surface area contributed by atoms with Crippen LogP contribution in [0.2, 0.25) is 0 Å². The highest BCUT2D eigenvalue weighted by Gasteiger charge is 2.19. The summed E-state index contributed by atoms with van der Waals surface area (Å²) in [5.74, 6) is -1.51. The van der Waals surface area contributed by atoms with Crippen molar-refractivity contribution < 1.29 is 9.90 Å². The summed E-state index contributed by atoms with van der Waals surface area (Å²) in [4.78, 5) is 11.1. The van der Waals surface area contributed by atoms with Crippen molar-refractivity contribution in [3.63, 3.8) is 0 Å². The number of carboxylic acids is 1. The fourth-order valence-corrected chi connectivity index (χ4v) is 1.92. The van der Waals surface area contributed by atoms with E-state index in [4.69, 9.17) is 10.8 Å². The van der Waals surface area contributed by atoms with Crippen molar-refractivity contribution in [2.24, 2.45) is 5.73 Å². The molecule has 82 valence electrons. The van der Waals surface area contributed by atoms with E-state index < -0.39 is 11.9 Å². The molecule has 3 heteroatoms. The van der Waals surface area contributed by atoms with Crippen LogP contribution in [0.4, 0.5) is 0 Å². The number of hydrogen-bond donors (Lipinski definition) is 2. The van der Waals surface area contributed by atoms with Crippen LogP contribution in [-0.2, 0) is 4.79 Å². The van der Waals surface area contributed by atoms with Crippen LogP contribution in [0.3, 0.4) is 0 Å². The van der Waals surface area contributed by atoms with Gasteiger partial charge in [0.05, 0.1) is 5.92 Å². The molecule has 3 N–H and O–H groups in total. The largest absolute Gasteiger partial charge is 0.481 e.